The predicted octanol–water partition coefficient (Wildman–Crippen LogP) is 3.38. The topological polar surface area (TPSA) is 131 Å². The minimum atomic E-state index is -1.64. The number of ketones is 1. The second-order valence-electron chi connectivity index (χ2n) is 9.17. The van der Waals surface area contributed by atoms with Gasteiger partial charge < -0.3 is 25.2 Å². The second kappa shape index (κ2) is 13.5. The zero-order valence-electron chi connectivity index (χ0n) is 21.6. The number of rotatable bonds is 13. The number of halogens is 3. The van der Waals surface area contributed by atoms with Crippen molar-refractivity contribution in [3.63, 3.8) is 0 Å². The Balaban J connectivity index is 1.64. The van der Waals surface area contributed by atoms with E-state index in [1.165, 1.54) is 0 Å². The average Bonchev–Trinajstić information content (AvgIpc) is 2.90. The van der Waals surface area contributed by atoms with Gasteiger partial charge in [0.25, 0.3) is 5.91 Å². The molecule has 0 unspecified atom stereocenters. The Morgan fingerprint density at radius 1 is 0.875 bits per heavy atom. The van der Waals surface area contributed by atoms with Crippen LogP contribution in [-0.4, -0.2) is 54.0 Å². The van der Waals surface area contributed by atoms with Crippen LogP contribution >= 0.6 is 0 Å². The number of carboxylic acids is 1. The number of benzene rings is 3. The molecule has 0 aliphatic rings. The molecule has 3 aromatic rings. The third-order valence-electron chi connectivity index (χ3n) is 5.79. The molecule has 12 heteroatoms. The van der Waals surface area contributed by atoms with Gasteiger partial charge in [-0.3, -0.25) is 19.2 Å². The molecule has 0 radical (unpaired) electrons. The summed E-state index contributed by atoms with van der Waals surface area (Å²) in [6.07, 6.45) is -0.864. The molecule has 212 valence electrons. The van der Waals surface area contributed by atoms with Crippen molar-refractivity contribution in [2.75, 3.05) is 13.2 Å². The number of aliphatic carboxylic acids is 1. The maximum atomic E-state index is 13.8. The van der Waals surface area contributed by atoms with Crippen molar-refractivity contribution in [2.24, 2.45) is 5.92 Å². The van der Waals surface area contributed by atoms with Crippen LogP contribution in [0.5, 0.6) is 11.5 Å². The lowest BCUT2D eigenvalue weighted by Gasteiger charge is -2.24. The monoisotopic (exact) mass is 560 g/mol. The molecule has 9 nitrogen and oxygen atoms in total. The number of carboxylic acid groups (broad SMARTS) is 1. The lowest BCUT2D eigenvalue weighted by molar-refractivity contribution is -0.141. The van der Waals surface area contributed by atoms with E-state index in [4.69, 9.17) is 9.47 Å². The Morgan fingerprint density at radius 3 is 2.25 bits per heavy atom. The Morgan fingerprint density at radius 2 is 1.55 bits per heavy atom. The fourth-order valence-corrected chi connectivity index (χ4v) is 3.78. The number of carbonyl (C=O) groups excluding carboxylic acids is 3. The highest BCUT2D eigenvalue weighted by Gasteiger charge is 2.30. The van der Waals surface area contributed by atoms with Crippen LogP contribution in [0.1, 0.15) is 20.3 Å². The molecule has 2 atom stereocenters. The van der Waals surface area contributed by atoms with E-state index < -0.39 is 84.4 Å². The van der Waals surface area contributed by atoms with E-state index in [2.05, 4.69) is 10.6 Å². The standard InChI is InChI=1S/C28H27F3N2O7/c1-15(2)27(33-24(35)14-40-22-9-5-7-16-6-3-4-8-18(16)22)28(38)32-20(12-25(36)37)21(34)13-39-23-11-17(29)10-19(30)26(23)31/h3-11,15,20,27H,12-14H2,1-2H3,(H,32,38)(H,33,35)(H,36,37)/t20-,27-/m0/s1. The molecule has 0 aromatic heterocycles. The summed E-state index contributed by atoms with van der Waals surface area (Å²) in [7, 11) is 0. The Bertz CT molecular complexity index is 1410. The summed E-state index contributed by atoms with van der Waals surface area (Å²) in [6.45, 7) is 1.82. The number of hydrogen-bond donors (Lipinski definition) is 3. The van der Waals surface area contributed by atoms with Gasteiger partial charge in [0.15, 0.2) is 24.0 Å². The van der Waals surface area contributed by atoms with Gasteiger partial charge in [-0.05, 0) is 17.4 Å². The molecule has 0 spiro atoms. The Labute approximate surface area is 227 Å². The first-order valence-electron chi connectivity index (χ1n) is 12.2. The highest BCUT2D eigenvalue weighted by atomic mass is 19.2. The van der Waals surface area contributed by atoms with E-state index in [-0.39, 0.29) is 6.07 Å². The van der Waals surface area contributed by atoms with Crippen LogP contribution in [0.3, 0.4) is 0 Å². The van der Waals surface area contributed by atoms with E-state index in [9.17, 15) is 37.5 Å². The Kier molecular flexibility index (Phi) is 10.1. The van der Waals surface area contributed by atoms with Gasteiger partial charge in [-0.1, -0.05) is 50.2 Å². The van der Waals surface area contributed by atoms with Gasteiger partial charge in [0, 0.05) is 17.5 Å². The fourth-order valence-electron chi connectivity index (χ4n) is 3.78. The number of nitrogens with one attached hydrogen (secondary N) is 2. The lowest BCUT2D eigenvalue weighted by atomic mass is 10.0. The van der Waals surface area contributed by atoms with Crippen LogP contribution in [0.25, 0.3) is 10.8 Å². The number of Topliss-reactive ketones (excluding diaryl/α,β-unsaturated/α-hetero) is 1. The molecule has 3 rings (SSSR count). The summed E-state index contributed by atoms with van der Waals surface area (Å²) in [5, 5.41) is 15.7. The minimum Gasteiger partial charge on any atom is -0.483 e. The van der Waals surface area contributed by atoms with Crippen molar-refractivity contribution in [3.05, 3.63) is 72.0 Å². The number of amides is 2. The maximum Gasteiger partial charge on any atom is 0.305 e. The maximum absolute atomic E-state index is 13.8. The minimum absolute atomic E-state index is 0.283. The molecule has 3 N–H and O–H groups in total. The number of carbonyl (C=O) groups is 4. The van der Waals surface area contributed by atoms with Crippen molar-refractivity contribution in [1.82, 2.24) is 10.6 Å². The van der Waals surface area contributed by atoms with E-state index in [0.717, 1.165) is 10.8 Å². The van der Waals surface area contributed by atoms with Gasteiger partial charge in [0.2, 0.25) is 11.7 Å². The van der Waals surface area contributed by atoms with Crippen molar-refractivity contribution >= 4 is 34.3 Å². The smallest absolute Gasteiger partial charge is 0.305 e. The molecule has 0 heterocycles. The molecule has 0 fully saturated rings. The molecule has 0 saturated carbocycles. The highest BCUT2D eigenvalue weighted by molar-refractivity contribution is 5.95. The lowest BCUT2D eigenvalue weighted by Crippen LogP contribution is -2.55. The zero-order valence-corrected chi connectivity index (χ0v) is 21.6. The van der Waals surface area contributed by atoms with Gasteiger partial charge >= 0.3 is 5.97 Å². The predicted molar refractivity (Wildman–Crippen MR) is 137 cm³/mol. The third-order valence-corrected chi connectivity index (χ3v) is 5.79. The molecular formula is C28H27F3N2O7. The van der Waals surface area contributed by atoms with Crippen molar-refractivity contribution in [1.29, 1.82) is 0 Å². The summed E-state index contributed by atoms with van der Waals surface area (Å²) in [4.78, 5) is 49.5. The first-order valence-corrected chi connectivity index (χ1v) is 12.2. The van der Waals surface area contributed by atoms with Crippen molar-refractivity contribution < 1.29 is 46.9 Å². The molecule has 0 aliphatic carbocycles. The average molecular weight is 561 g/mol. The van der Waals surface area contributed by atoms with Crippen LogP contribution in [0.4, 0.5) is 13.2 Å². The van der Waals surface area contributed by atoms with Crippen molar-refractivity contribution in [3.8, 4) is 11.5 Å². The van der Waals surface area contributed by atoms with Crippen LogP contribution in [0.2, 0.25) is 0 Å². The molecular weight excluding hydrogens is 533 g/mol. The van der Waals surface area contributed by atoms with Gasteiger partial charge in [-0.25, -0.2) is 8.78 Å². The normalized spacial score (nSPS) is 12.4. The van der Waals surface area contributed by atoms with Gasteiger partial charge in [0.05, 0.1) is 6.42 Å². The highest BCUT2D eigenvalue weighted by Crippen LogP contribution is 2.25. The number of fused-ring (bicyclic) bond motifs is 1. The summed E-state index contributed by atoms with van der Waals surface area (Å²) in [6, 6.07) is 10.7. The molecule has 3 aromatic carbocycles. The van der Waals surface area contributed by atoms with Crippen LogP contribution in [0, 0.1) is 23.4 Å². The zero-order chi connectivity index (χ0) is 29.4. The first kappa shape index (κ1) is 29.9. The van der Waals surface area contributed by atoms with Crippen LogP contribution < -0.4 is 20.1 Å². The molecule has 0 bridgehead atoms. The van der Waals surface area contributed by atoms with Gasteiger partial charge in [-0.15, -0.1) is 0 Å². The van der Waals surface area contributed by atoms with Crippen LogP contribution in [0.15, 0.2) is 54.6 Å². The van der Waals surface area contributed by atoms with Gasteiger partial charge in [0.1, 0.15) is 30.3 Å². The fraction of sp³-hybridized carbons (Fsp3) is 0.286. The molecule has 40 heavy (non-hydrogen) atoms. The van der Waals surface area contributed by atoms with E-state index in [1.54, 1.807) is 26.0 Å². The molecule has 0 saturated heterocycles. The largest absolute Gasteiger partial charge is 0.483 e. The van der Waals surface area contributed by atoms with Crippen LogP contribution in [-0.2, 0) is 19.2 Å². The summed E-state index contributed by atoms with van der Waals surface area (Å²) in [5.74, 6) is -9.13. The van der Waals surface area contributed by atoms with E-state index >= 15 is 0 Å². The van der Waals surface area contributed by atoms with E-state index in [1.807, 2.05) is 30.3 Å². The summed E-state index contributed by atoms with van der Waals surface area (Å²) < 4.78 is 51.1. The van der Waals surface area contributed by atoms with Gasteiger partial charge in [-0.2, -0.15) is 4.39 Å². The Hall–Kier alpha value is -4.61. The summed E-state index contributed by atoms with van der Waals surface area (Å²) in [5.41, 5.74) is 0. The summed E-state index contributed by atoms with van der Waals surface area (Å²) >= 11 is 0. The molecule has 0 aliphatic heterocycles. The molecule has 2 amide bonds. The number of hydrogen-bond acceptors (Lipinski definition) is 6. The van der Waals surface area contributed by atoms with Crippen molar-refractivity contribution in [2.45, 2.75) is 32.4 Å². The quantitative estimate of drug-likeness (QED) is 0.273. The second-order valence-corrected chi connectivity index (χ2v) is 9.17. The number of ether oxygens (including phenoxy) is 2. The third kappa shape index (κ3) is 7.95. The first-order chi connectivity index (χ1) is 19.0. The SMILES string of the molecule is CC(C)[C@H](NC(=O)COc1cccc2ccccc12)C(=O)N[C@@H](CC(=O)O)C(=O)COc1cc(F)cc(F)c1F. The van der Waals surface area contributed by atoms with E-state index in [0.29, 0.717) is 11.8 Å².